The summed E-state index contributed by atoms with van der Waals surface area (Å²) in [6.07, 6.45) is 10.5. The lowest BCUT2D eigenvalue weighted by molar-refractivity contribution is -0.441. The highest BCUT2D eigenvalue weighted by Gasteiger charge is 2.43. The molecular weight excluding hydrogens is 480 g/mol. The zero-order valence-electron chi connectivity index (χ0n) is 21.9. The number of hydrogen-bond acceptors (Lipinski definition) is 3. The maximum Gasteiger partial charge on any atom is 0.209 e. The lowest BCUT2D eigenvalue weighted by atomic mass is 9.81. The molecule has 2 aromatic rings. The fourth-order valence-corrected chi connectivity index (χ4v) is 6.39. The molecule has 5 heteroatoms. The number of hydrogen-bond donors (Lipinski definition) is 2. The second-order valence-electron chi connectivity index (χ2n) is 10.5. The number of allylic oxidation sites excluding steroid dienone is 8. The summed E-state index contributed by atoms with van der Waals surface area (Å²) in [5, 5.41) is 20.2. The molecule has 37 heavy (non-hydrogen) atoms. The summed E-state index contributed by atoms with van der Waals surface area (Å²) in [6.45, 7) is 8.05. The Labute approximate surface area is 225 Å². The van der Waals surface area contributed by atoms with Gasteiger partial charge in [0, 0.05) is 46.6 Å². The summed E-state index contributed by atoms with van der Waals surface area (Å²) in [6, 6.07) is 16.9. The molecule has 4 nitrogen and oxygen atoms in total. The van der Waals surface area contributed by atoms with Crippen LogP contribution in [0.3, 0.4) is 0 Å². The highest BCUT2D eigenvalue weighted by molar-refractivity contribution is 6.33. The van der Waals surface area contributed by atoms with Crippen LogP contribution in [-0.2, 0) is 5.41 Å². The Morgan fingerprint density at radius 3 is 2.54 bits per heavy atom. The SMILES string of the molecule is CC1C(=CC=C2CCC(C=CC3=[N+](CCO)c4ccccc4C3(C)C)=C2Cl)N(CCO)c2ccccc21. The number of rotatable bonds is 7. The Bertz CT molecular complexity index is 1360. The molecule has 2 aliphatic heterocycles. The van der Waals surface area contributed by atoms with E-state index in [-0.39, 0.29) is 24.5 Å². The summed E-state index contributed by atoms with van der Waals surface area (Å²) in [4.78, 5) is 2.22. The van der Waals surface area contributed by atoms with Gasteiger partial charge >= 0.3 is 0 Å². The van der Waals surface area contributed by atoms with Crippen molar-refractivity contribution in [2.24, 2.45) is 0 Å². The van der Waals surface area contributed by atoms with Crippen molar-refractivity contribution in [3.8, 4) is 0 Å². The largest absolute Gasteiger partial charge is 0.395 e. The van der Waals surface area contributed by atoms with Gasteiger partial charge in [-0.3, -0.25) is 0 Å². The Hall–Kier alpha value is -2.92. The minimum Gasteiger partial charge on any atom is -0.395 e. The van der Waals surface area contributed by atoms with Crippen LogP contribution < -0.4 is 4.90 Å². The monoisotopic (exact) mass is 515 g/mol. The summed E-state index contributed by atoms with van der Waals surface area (Å²) in [5.74, 6) is 0.267. The molecule has 3 aliphatic rings. The van der Waals surface area contributed by atoms with Crippen molar-refractivity contribution < 1.29 is 14.8 Å². The van der Waals surface area contributed by atoms with Crippen molar-refractivity contribution >= 4 is 28.7 Å². The van der Waals surface area contributed by atoms with Gasteiger partial charge in [-0.25, -0.2) is 0 Å². The van der Waals surface area contributed by atoms with Crippen LogP contribution in [0.4, 0.5) is 11.4 Å². The topological polar surface area (TPSA) is 46.7 Å². The molecule has 0 saturated carbocycles. The van der Waals surface area contributed by atoms with E-state index < -0.39 is 0 Å². The Morgan fingerprint density at radius 2 is 1.76 bits per heavy atom. The van der Waals surface area contributed by atoms with Crippen LogP contribution in [0.25, 0.3) is 0 Å². The Balaban J connectivity index is 1.43. The lowest BCUT2D eigenvalue weighted by Crippen LogP contribution is -2.28. The second-order valence-corrected chi connectivity index (χ2v) is 10.9. The second kappa shape index (κ2) is 10.4. The average molecular weight is 516 g/mol. The fraction of sp³-hybridized carbons (Fsp3) is 0.344. The van der Waals surface area contributed by atoms with Gasteiger partial charge in [0.1, 0.15) is 6.61 Å². The smallest absolute Gasteiger partial charge is 0.209 e. The molecule has 0 radical (unpaired) electrons. The minimum atomic E-state index is -0.152. The molecule has 1 atom stereocenters. The normalized spacial score (nSPS) is 22.8. The first-order valence-corrected chi connectivity index (χ1v) is 13.6. The van der Waals surface area contributed by atoms with E-state index >= 15 is 0 Å². The van der Waals surface area contributed by atoms with Gasteiger partial charge in [-0.2, -0.15) is 4.58 Å². The van der Waals surface area contributed by atoms with Gasteiger partial charge < -0.3 is 15.1 Å². The Kier molecular flexibility index (Phi) is 7.26. The third-order valence-corrected chi connectivity index (χ3v) is 8.51. The van der Waals surface area contributed by atoms with Crippen LogP contribution in [0.1, 0.15) is 50.7 Å². The van der Waals surface area contributed by atoms with E-state index in [1.165, 1.54) is 33.9 Å². The average Bonchev–Trinajstić information content (AvgIpc) is 3.46. The van der Waals surface area contributed by atoms with E-state index in [0.29, 0.717) is 13.1 Å². The van der Waals surface area contributed by atoms with Gasteiger partial charge in [0.05, 0.1) is 12.0 Å². The van der Waals surface area contributed by atoms with Crippen LogP contribution in [0.2, 0.25) is 0 Å². The number of anilines is 1. The molecule has 0 amide bonds. The van der Waals surface area contributed by atoms with Crippen molar-refractivity contribution in [2.45, 2.75) is 44.9 Å². The van der Waals surface area contributed by atoms with Crippen molar-refractivity contribution in [3.63, 3.8) is 0 Å². The molecule has 0 spiro atoms. The van der Waals surface area contributed by atoms with E-state index in [1.54, 1.807) is 0 Å². The van der Waals surface area contributed by atoms with Crippen molar-refractivity contribution in [1.82, 2.24) is 0 Å². The summed E-state index contributed by atoms with van der Waals surface area (Å²) < 4.78 is 2.23. The van der Waals surface area contributed by atoms with E-state index in [2.05, 4.69) is 103 Å². The zero-order valence-corrected chi connectivity index (χ0v) is 22.7. The third kappa shape index (κ3) is 4.52. The fourth-order valence-electron chi connectivity index (χ4n) is 6.07. The molecular formula is C32H36ClN2O2+. The predicted molar refractivity (Wildman–Crippen MR) is 153 cm³/mol. The number of aliphatic hydroxyl groups excluding tert-OH is 2. The molecule has 2 N–H and O–H groups in total. The first kappa shape index (κ1) is 25.7. The molecule has 0 fully saturated rings. The molecule has 0 aromatic heterocycles. The van der Waals surface area contributed by atoms with Crippen molar-refractivity contribution in [2.75, 3.05) is 31.2 Å². The summed E-state index contributed by atoms with van der Waals surface area (Å²) in [5.41, 5.74) is 9.42. The number of halogens is 1. The van der Waals surface area contributed by atoms with Gasteiger partial charge in [-0.05, 0) is 55.5 Å². The number of nitrogens with zero attached hydrogens (tertiary/aromatic N) is 2. The first-order chi connectivity index (χ1) is 17.9. The standard InChI is InChI=1S/C32H36ClN2O2/c1-22-25-8-4-6-10-28(25)34(18-20-36)27(22)16-14-23-12-13-24(31(23)33)15-17-30-32(2,3)26-9-5-7-11-29(26)35(30)19-21-37/h4-11,14-17,22,36-37H,12-13,18-21H2,1-3H3/q+1. The molecule has 2 aromatic carbocycles. The molecule has 1 aliphatic carbocycles. The van der Waals surface area contributed by atoms with Gasteiger partial charge in [0.15, 0.2) is 12.3 Å². The number of β-amino-alcohol motifs (C(OH)–C–C–N with tert-alkyl or cyclic N) is 2. The van der Waals surface area contributed by atoms with E-state index in [9.17, 15) is 10.2 Å². The van der Waals surface area contributed by atoms with Gasteiger partial charge in [-0.1, -0.05) is 67.1 Å². The maximum atomic E-state index is 9.73. The molecule has 5 rings (SSSR count). The van der Waals surface area contributed by atoms with Crippen LogP contribution >= 0.6 is 11.6 Å². The molecule has 192 valence electrons. The van der Waals surface area contributed by atoms with Gasteiger partial charge in [0.25, 0.3) is 0 Å². The molecule has 0 saturated heterocycles. The molecule has 0 bridgehead atoms. The summed E-state index contributed by atoms with van der Waals surface area (Å²) >= 11 is 6.91. The third-order valence-electron chi connectivity index (χ3n) is 8.02. The Morgan fingerprint density at radius 1 is 1.00 bits per heavy atom. The van der Waals surface area contributed by atoms with Gasteiger partial charge in [-0.15, -0.1) is 0 Å². The quantitative estimate of drug-likeness (QED) is 0.424. The van der Waals surface area contributed by atoms with Crippen LogP contribution in [0.15, 0.2) is 94.7 Å². The van der Waals surface area contributed by atoms with Crippen LogP contribution in [0.5, 0.6) is 0 Å². The highest BCUT2D eigenvalue weighted by Crippen LogP contribution is 2.44. The highest BCUT2D eigenvalue weighted by atomic mass is 35.5. The van der Waals surface area contributed by atoms with Crippen LogP contribution in [-0.4, -0.2) is 46.8 Å². The first-order valence-electron chi connectivity index (χ1n) is 13.2. The zero-order chi connectivity index (χ0) is 26.2. The van der Waals surface area contributed by atoms with E-state index in [1.807, 2.05) is 0 Å². The molecule has 1 unspecified atom stereocenters. The van der Waals surface area contributed by atoms with Gasteiger partial charge in [0.2, 0.25) is 5.69 Å². The number of aliphatic hydroxyl groups is 2. The van der Waals surface area contributed by atoms with Crippen LogP contribution in [0, 0.1) is 0 Å². The van der Waals surface area contributed by atoms with Crippen molar-refractivity contribution in [3.05, 3.63) is 106 Å². The van der Waals surface area contributed by atoms with E-state index in [4.69, 9.17) is 11.6 Å². The lowest BCUT2D eigenvalue weighted by Gasteiger charge is -2.21. The maximum absolute atomic E-state index is 9.73. The predicted octanol–water partition coefficient (Wildman–Crippen LogP) is 6.32. The summed E-state index contributed by atoms with van der Waals surface area (Å²) in [7, 11) is 0. The number of fused-ring (bicyclic) bond motifs is 2. The molecule has 2 heterocycles. The number of para-hydroxylation sites is 2. The van der Waals surface area contributed by atoms with E-state index in [0.717, 1.165) is 29.0 Å². The number of benzene rings is 2. The van der Waals surface area contributed by atoms with Crippen molar-refractivity contribution in [1.29, 1.82) is 0 Å². The minimum absolute atomic E-state index is 0.0996.